The summed E-state index contributed by atoms with van der Waals surface area (Å²) in [5, 5.41) is 0. The molecule has 0 N–H and O–H groups in total. The van der Waals surface area contributed by atoms with Crippen LogP contribution in [-0.2, 0) is 12.7 Å². The largest absolute Gasteiger partial charge is 0.425 e. The maximum Gasteiger partial charge on any atom is 0.425 e. The van der Waals surface area contributed by atoms with Gasteiger partial charge in [-0.3, -0.25) is 4.57 Å². The van der Waals surface area contributed by atoms with Gasteiger partial charge in [-0.15, -0.1) is 11.3 Å². The highest BCUT2D eigenvalue weighted by Crippen LogP contribution is 2.34. The second-order valence-corrected chi connectivity index (χ2v) is 4.72. The maximum absolute atomic E-state index is 12.4. The molecule has 2 rings (SSSR count). The zero-order valence-electron chi connectivity index (χ0n) is 9.23. The van der Waals surface area contributed by atoms with Crippen molar-refractivity contribution in [2.24, 2.45) is 0 Å². The molecule has 0 aliphatic heterocycles. The molecule has 0 aliphatic carbocycles. The molecule has 0 aliphatic rings. The van der Waals surface area contributed by atoms with Crippen LogP contribution in [0.25, 0.3) is 0 Å². The Labute approximate surface area is 104 Å². The molecule has 0 unspecified atom stereocenters. The van der Waals surface area contributed by atoms with E-state index in [1.165, 1.54) is 10.6 Å². The topological polar surface area (TPSA) is 47.8 Å². The third kappa shape index (κ3) is 2.58. The minimum atomic E-state index is -4.35. The first-order chi connectivity index (χ1) is 8.38. The van der Waals surface area contributed by atoms with Crippen LogP contribution in [0, 0.1) is 6.92 Å². The third-order valence-electron chi connectivity index (χ3n) is 2.29. The number of hydrogen-bond acceptors (Lipinski definition) is 4. The van der Waals surface area contributed by atoms with Gasteiger partial charge >= 0.3 is 11.9 Å². The standard InChI is InChI=1S/C10H8F3N3OS/c1-6-14-5-15-9(17)16(6)4-7-2-3-8(18-7)10(11,12)13/h2-3,5H,4H2,1H3. The van der Waals surface area contributed by atoms with E-state index in [9.17, 15) is 18.0 Å². The Morgan fingerprint density at radius 3 is 2.61 bits per heavy atom. The number of aryl methyl sites for hydroxylation is 1. The van der Waals surface area contributed by atoms with E-state index in [1.54, 1.807) is 6.92 Å². The molecule has 4 nitrogen and oxygen atoms in total. The van der Waals surface area contributed by atoms with E-state index in [0.717, 1.165) is 12.4 Å². The van der Waals surface area contributed by atoms with E-state index in [1.807, 2.05) is 0 Å². The summed E-state index contributed by atoms with van der Waals surface area (Å²) in [6.07, 6.45) is -3.22. The molecule has 0 aromatic carbocycles. The van der Waals surface area contributed by atoms with Crippen molar-refractivity contribution in [3.8, 4) is 0 Å². The van der Waals surface area contributed by atoms with Crippen LogP contribution in [0.4, 0.5) is 13.2 Å². The van der Waals surface area contributed by atoms with Crippen LogP contribution < -0.4 is 5.69 Å². The molecule has 18 heavy (non-hydrogen) atoms. The van der Waals surface area contributed by atoms with Crippen molar-refractivity contribution in [2.45, 2.75) is 19.6 Å². The number of thiophene rings is 1. The van der Waals surface area contributed by atoms with Crippen molar-refractivity contribution in [2.75, 3.05) is 0 Å². The summed E-state index contributed by atoms with van der Waals surface area (Å²) >= 11 is 0.612. The number of hydrogen-bond donors (Lipinski definition) is 0. The number of alkyl halides is 3. The summed E-state index contributed by atoms with van der Waals surface area (Å²) in [6, 6.07) is 2.36. The first-order valence-electron chi connectivity index (χ1n) is 4.92. The molecule has 0 atom stereocenters. The van der Waals surface area contributed by atoms with Crippen LogP contribution in [0.2, 0.25) is 0 Å². The molecule has 0 bridgehead atoms. The molecule has 96 valence electrons. The highest BCUT2D eigenvalue weighted by atomic mass is 32.1. The lowest BCUT2D eigenvalue weighted by molar-refractivity contribution is -0.134. The van der Waals surface area contributed by atoms with Gasteiger partial charge in [0.25, 0.3) is 0 Å². The summed E-state index contributed by atoms with van der Waals surface area (Å²) in [5.74, 6) is 0.414. The highest BCUT2D eigenvalue weighted by molar-refractivity contribution is 7.12. The molecular weight excluding hydrogens is 267 g/mol. The summed E-state index contributed by atoms with van der Waals surface area (Å²) < 4.78 is 38.5. The Bertz CT molecular complexity index is 617. The molecule has 0 spiro atoms. The van der Waals surface area contributed by atoms with Gasteiger partial charge in [0.05, 0.1) is 6.54 Å². The normalized spacial score (nSPS) is 11.8. The Balaban J connectivity index is 2.30. The fourth-order valence-corrected chi connectivity index (χ4v) is 2.26. The van der Waals surface area contributed by atoms with E-state index in [-0.39, 0.29) is 6.54 Å². The zero-order chi connectivity index (χ0) is 13.3. The van der Waals surface area contributed by atoms with E-state index in [2.05, 4.69) is 9.97 Å². The minimum Gasteiger partial charge on any atom is -0.275 e. The summed E-state index contributed by atoms with van der Waals surface area (Å²) in [6.45, 7) is 1.65. The molecule has 2 aromatic rings. The number of aromatic nitrogens is 3. The lowest BCUT2D eigenvalue weighted by atomic mass is 10.4. The fraction of sp³-hybridized carbons (Fsp3) is 0.300. The lowest BCUT2D eigenvalue weighted by Crippen LogP contribution is -2.25. The molecule has 0 saturated carbocycles. The van der Waals surface area contributed by atoms with Crippen LogP contribution in [0.3, 0.4) is 0 Å². The highest BCUT2D eigenvalue weighted by Gasteiger charge is 2.32. The van der Waals surface area contributed by atoms with Crippen molar-refractivity contribution < 1.29 is 13.2 Å². The van der Waals surface area contributed by atoms with Crippen LogP contribution in [-0.4, -0.2) is 14.5 Å². The predicted molar refractivity (Wildman–Crippen MR) is 59.5 cm³/mol. The smallest absolute Gasteiger partial charge is 0.275 e. The zero-order valence-corrected chi connectivity index (χ0v) is 10.0. The molecule has 8 heteroatoms. The molecule has 0 amide bonds. The van der Waals surface area contributed by atoms with E-state index in [0.29, 0.717) is 22.0 Å². The van der Waals surface area contributed by atoms with E-state index in [4.69, 9.17) is 0 Å². The SMILES string of the molecule is Cc1ncnc(=O)n1Cc1ccc(C(F)(F)F)s1. The van der Waals surface area contributed by atoms with Gasteiger partial charge in [-0.05, 0) is 19.1 Å². The van der Waals surface area contributed by atoms with Crippen LogP contribution in [0.15, 0.2) is 23.3 Å². The van der Waals surface area contributed by atoms with E-state index < -0.39 is 16.7 Å². The number of halogens is 3. The van der Waals surface area contributed by atoms with Crippen LogP contribution >= 0.6 is 11.3 Å². The van der Waals surface area contributed by atoms with Gasteiger partial charge in [0.15, 0.2) is 0 Å². The van der Waals surface area contributed by atoms with Crippen molar-refractivity contribution in [3.05, 3.63) is 44.5 Å². The lowest BCUT2D eigenvalue weighted by Gasteiger charge is -2.05. The molecular formula is C10H8F3N3OS. The number of nitrogens with zero attached hydrogens (tertiary/aromatic N) is 3. The Morgan fingerprint density at radius 1 is 1.33 bits per heavy atom. The third-order valence-corrected chi connectivity index (χ3v) is 3.40. The number of rotatable bonds is 2. The van der Waals surface area contributed by atoms with Gasteiger partial charge in [0.1, 0.15) is 17.0 Å². The minimum absolute atomic E-state index is 0.0479. The second kappa shape index (κ2) is 4.52. The fourth-order valence-electron chi connectivity index (χ4n) is 1.39. The first-order valence-corrected chi connectivity index (χ1v) is 5.74. The second-order valence-electron chi connectivity index (χ2n) is 3.55. The summed E-state index contributed by atoms with van der Waals surface area (Å²) in [4.78, 5) is 18.5. The molecule has 0 saturated heterocycles. The average molecular weight is 275 g/mol. The van der Waals surface area contributed by atoms with Crippen molar-refractivity contribution in [3.63, 3.8) is 0 Å². The summed E-state index contributed by atoms with van der Waals surface area (Å²) in [5.41, 5.74) is -0.524. The Morgan fingerprint density at radius 2 is 2.06 bits per heavy atom. The van der Waals surface area contributed by atoms with Crippen LogP contribution in [0.5, 0.6) is 0 Å². The van der Waals surface area contributed by atoms with Crippen molar-refractivity contribution >= 4 is 11.3 Å². The van der Waals surface area contributed by atoms with Crippen molar-refractivity contribution in [1.29, 1.82) is 0 Å². The average Bonchev–Trinajstić information content (AvgIpc) is 2.72. The quantitative estimate of drug-likeness (QED) is 0.843. The van der Waals surface area contributed by atoms with E-state index >= 15 is 0 Å². The Hall–Kier alpha value is -1.70. The van der Waals surface area contributed by atoms with Gasteiger partial charge in [-0.25, -0.2) is 9.78 Å². The van der Waals surface area contributed by atoms with Gasteiger partial charge in [-0.1, -0.05) is 0 Å². The monoisotopic (exact) mass is 275 g/mol. The van der Waals surface area contributed by atoms with Crippen molar-refractivity contribution in [1.82, 2.24) is 14.5 Å². The predicted octanol–water partition coefficient (Wildman–Crippen LogP) is 2.08. The van der Waals surface area contributed by atoms with Gasteiger partial charge in [0.2, 0.25) is 0 Å². The molecule has 2 heterocycles. The van der Waals surface area contributed by atoms with Crippen LogP contribution in [0.1, 0.15) is 15.6 Å². The van der Waals surface area contributed by atoms with Gasteiger partial charge < -0.3 is 0 Å². The van der Waals surface area contributed by atoms with Gasteiger partial charge in [0, 0.05) is 4.88 Å². The maximum atomic E-state index is 12.4. The molecule has 2 aromatic heterocycles. The Kier molecular flexibility index (Phi) is 3.20. The molecule has 0 radical (unpaired) electrons. The first kappa shape index (κ1) is 12.7. The van der Waals surface area contributed by atoms with Gasteiger partial charge in [-0.2, -0.15) is 18.2 Å². The summed E-state index contributed by atoms with van der Waals surface area (Å²) in [7, 11) is 0. The molecule has 0 fully saturated rings.